The minimum Gasteiger partial charge on any atom is -0.495 e. The van der Waals surface area contributed by atoms with E-state index in [0.29, 0.717) is 17.9 Å². The number of aliphatic hydroxyl groups is 1. The van der Waals surface area contributed by atoms with Crippen molar-refractivity contribution in [1.82, 2.24) is 4.90 Å². The summed E-state index contributed by atoms with van der Waals surface area (Å²) in [6.07, 6.45) is 2.49. The van der Waals surface area contributed by atoms with Crippen molar-refractivity contribution in [2.24, 2.45) is 0 Å². The van der Waals surface area contributed by atoms with Crippen LogP contribution in [0.15, 0.2) is 47.4 Å². The van der Waals surface area contributed by atoms with Gasteiger partial charge in [0.25, 0.3) is 10.0 Å². The topological polar surface area (TPSA) is 87.2 Å². The summed E-state index contributed by atoms with van der Waals surface area (Å²) in [6, 6.07) is 10.7. The van der Waals surface area contributed by atoms with Gasteiger partial charge in [-0.1, -0.05) is 42.1 Å². The van der Waals surface area contributed by atoms with E-state index in [-0.39, 0.29) is 22.4 Å². The van der Waals surface area contributed by atoms with Gasteiger partial charge in [-0.05, 0) is 50.1 Å². The molecule has 7 nitrogen and oxygen atoms in total. The molecule has 1 aliphatic rings. The first-order valence-corrected chi connectivity index (χ1v) is 12.3. The van der Waals surface area contributed by atoms with Gasteiger partial charge in [0.2, 0.25) is 5.91 Å². The number of hydrogen-bond acceptors (Lipinski definition) is 5. The maximum absolute atomic E-state index is 13.6. The molecule has 0 heterocycles. The molecule has 0 saturated heterocycles. The fourth-order valence-corrected chi connectivity index (χ4v) is 5.54. The number of ether oxygens (including phenoxy) is 1. The molecule has 1 fully saturated rings. The Balaban J connectivity index is 2.02. The number of nitrogens with zero attached hydrogens (tertiary/aromatic N) is 2. The Morgan fingerprint density at radius 3 is 2.44 bits per heavy atom. The molecule has 3 rings (SSSR count). The van der Waals surface area contributed by atoms with Crippen LogP contribution in [0.2, 0.25) is 5.02 Å². The van der Waals surface area contributed by atoms with Gasteiger partial charge in [-0.25, -0.2) is 8.42 Å². The van der Waals surface area contributed by atoms with Crippen molar-refractivity contribution in [2.75, 3.05) is 25.0 Å². The zero-order valence-corrected chi connectivity index (χ0v) is 20.1. The number of aryl methyl sites for hydroxylation is 1. The number of aliphatic hydroxyl groups excluding tert-OH is 1. The van der Waals surface area contributed by atoms with E-state index in [9.17, 15) is 18.3 Å². The highest BCUT2D eigenvalue weighted by molar-refractivity contribution is 7.92. The number of likely N-dealkylation sites (N-methyl/N-ethyl adjacent to an activating group) is 1. The van der Waals surface area contributed by atoms with Crippen LogP contribution in [-0.4, -0.2) is 57.2 Å². The lowest BCUT2D eigenvalue weighted by molar-refractivity contribution is -0.133. The zero-order chi connectivity index (χ0) is 23.5. The summed E-state index contributed by atoms with van der Waals surface area (Å²) in [5.41, 5.74) is 1.09. The second kappa shape index (κ2) is 10.1. The summed E-state index contributed by atoms with van der Waals surface area (Å²) < 4.78 is 33.7. The Bertz CT molecular complexity index is 1060. The first-order valence-electron chi connectivity index (χ1n) is 10.5. The number of methoxy groups -OCH3 is 1. The number of carbonyl (C=O) groups excluding carboxylic acids is 1. The Morgan fingerprint density at radius 1 is 1.16 bits per heavy atom. The lowest BCUT2D eigenvalue weighted by atomic mass is 9.91. The van der Waals surface area contributed by atoms with Crippen LogP contribution in [0.1, 0.15) is 31.2 Å². The van der Waals surface area contributed by atoms with Crippen LogP contribution in [0.25, 0.3) is 0 Å². The number of benzene rings is 2. The quantitative estimate of drug-likeness (QED) is 0.654. The van der Waals surface area contributed by atoms with Crippen molar-refractivity contribution in [2.45, 2.75) is 49.6 Å². The van der Waals surface area contributed by atoms with Crippen molar-refractivity contribution in [3.05, 3.63) is 53.1 Å². The molecular formula is C23H29ClN2O5S. The first kappa shape index (κ1) is 24.4. The van der Waals surface area contributed by atoms with Crippen molar-refractivity contribution in [1.29, 1.82) is 0 Å². The summed E-state index contributed by atoms with van der Waals surface area (Å²) in [5.74, 6) is -0.146. The van der Waals surface area contributed by atoms with E-state index in [0.717, 1.165) is 22.7 Å². The molecular weight excluding hydrogens is 452 g/mol. The summed E-state index contributed by atoms with van der Waals surface area (Å²) in [6.45, 7) is 1.41. The van der Waals surface area contributed by atoms with E-state index in [1.54, 1.807) is 31.3 Å². The molecule has 32 heavy (non-hydrogen) atoms. The third-order valence-corrected chi connectivity index (χ3v) is 7.89. The molecule has 174 valence electrons. The lowest BCUT2D eigenvalue weighted by Gasteiger charge is -2.36. The maximum Gasteiger partial charge on any atom is 0.264 e. The maximum atomic E-state index is 13.6. The average Bonchev–Trinajstić information content (AvgIpc) is 2.77. The zero-order valence-electron chi connectivity index (χ0n) is 18.5. The summed E-state index contributed by atoms with van der Waals surface area (Å²) in [5, 5.41) is 10.7. The molecule has 2 unspecified atom stereocenters. The monoisotopic (exact) mass is 480 g/mol. The van der Waals surface area contributed by atoms with E-state index < -0.39 is 28.6 Å². The summed E-state index contributed by atoms with van der Waals surface area (Å²) in [7, 11) is -1.08. The van der Waals surface area contributed by atoms with Gasteiger partial charge >= 0.3 is 0 Å². The Kier molecular flexibility index (Phi) is 7.69. The number of carbonyl (C=O) groups is 1. The summed E-state index contributed by atoms with van der Waals surface area (Å²) >= 11 is 6.17. The number of sulfonamides is 1. The van der Waals surface area contributed by atoms with Gasteiger partial charge in [0, 0.05) is 12.1 Å². The molecule has 0 bridgehead atoms. The molecule has 1 aliphatic carbocycles. The largest absolute Gasteiger partial charge is 0.495 e. The summed E-state index contributed by atoms with van der Waals surface area (Å²) in [4.78, 5) is 14.7. The highest BCUT2D eigenvalue weighted by Crippen LogP contribution is 2.35. The predicted octanol–water partition coefficient (Wildman–Crippen LogP) is 3.61. The number of hydrogen-bond donors (Lipinski definition) is 1. The van der Waals surface area contributed by atoms with Crippen LogP contribution < -0.4 is 9.04 Å². The van der Waals surface area contributed by atoms with E-state index in [1.165, 1.54) is 30.2 Å². The molecule has 0 radical (unpaired) electrons. The minimum atomic E-state index is -4.11. The molecule has 0 spiro atoms. The van der Waals surface area contributed by atoms with E-state index >= 15 is 0 Å². The van der Waals surface area contributed by atoms with Crippen LogP contribution in [0.5, 0.6) is 5.75 Å². The van der Waals surface area contributed by atoms with E-state index in [4.69, 9.17) is 16.3 Å². The van der Waals surface area contributed by atoms with Crippen molar-refractivity contribution < 1.29 is 23.1 Å². The van der Waals surface area contributed by atoms with Gasteiger partial charge in [-0.3, -0.25) is 9.10 Å². The van der Waals surface area contributed by atoms with Gasteiger partial charge in [-0.15, -0.1) is 0 Å². The second-order valence-corrected chi connectivity index (χ2v) is 10.4. The lowest BCUT2D eigenvalue weighted by Crippen LogP contribution is -2.50. The molecule has 0 aromatic heterocycles. The number of halogens is 1. The van der Waals surface area contributed by atoms with Crippen LogP contribution in [0.4, 0.5) is 5.69 Å². The molecule has 2 aromatic carbocycles. The van der Waals surface area contributed by atoms with E-state index in [1.807, 2.05) is 6.92 Å². The molecule has 1 saturated carbocycles. The van der Waals surface area contributed by atoms with Gasteiger partial charge in [0.05, 0.1) is 29.8 Å². The van der Waals surface area contributed by atoms with Crippen molar-refractivity contribution in [3.63, 3.8) is 0 Å². The van der Waals surface area contributed by atoms with Crippen molar-refractivity contribution in [3.8, 4) is 5.75 Å². The normalized spacial score (nSPS) is 18.8. The van der Waals surface area contributed by atoms with Gasteiger partial charge in [0.1, 0.15) is 12.3 Å². The van der Waals surface area contributed by atoms with Gasteiger partial charge < -0.3 is 14.7 Å². The van der Waals surface area contributed by atoms with Crippen LogP contribution in [-0.2, 0) is 14.8 Å². The Hall–Kier alpha value is -2.29. The fraction of sp³-hybridized carbons (Fsp3) is 0.435. The molecule has 1 amide bonds. The number of anilines is 1. The molecule has 2 atom stereocenters. The second-order valence-electron chi connectivity index (χ2n) is 8.06. The van der Waals surface area contributed by atoms with E-state index in [2.05, 4.69) is 0 Å². The third-order valence-electron chi connectivity index (χ3n) is 5.88. The highest BCUT2D eigenvalue weighted by Gasteiger charge is 2.34. The molecule has 1 N–H and O–H groups in total. The Labute approximate surface area is 194 Å². The van der Waals surface area contributed by atoms with Crippen LogP contribution in [0.3, 0.4) is 0 Å². The smallest absolute Gasteiger partial charge is 0.264 e. The SMILES string of the molecule is COc1ccc(Cl)cc1N(CC(=O)N(C)C1CCCCC1O)S(=O)(=O)c1ccc(C)cc1. The first-order chi connectivity index (χ1) is 15.1. The minimum absolute atomic E-state index is 0.0540. The van der Waals surface area contributed by atoms with Gasteiger partial charge in [-0.2, -0.15) is 0 Å². The van der Waals surface area contributed by atoms with Crippen LogP contribution >= 0.6 is 11.6 Å². The molecule has 2 aromatic rings. The molecule has 9 heteroatoms. The number of amides is 1. The van der Waals surface area contributed by atoms with Crippen LogP contribution in [0, 0.1) is 6.92 Å². The predicted molar refractivity (Wildman–Crippen MR) is 125 cm³/mol. The average molecular weight is 481 g/mol. The fourth-order valence-electron chi connectivity index (χ4n) is 3.96. The highest BCUT2D eigenvalue weighted by atomic mass is 35.5. The van der Waals surface area contributed by atoms with Crippen molar-refractivity contribution >= 4 is 33.2 Å². The third kappa shape index (κ3) is 5.19. The Morgan fingerprint density at radius 2 is 1.81 bits per heavy atom. The standard InChI is InChI=1S/C23H29ClN2O5S/c1-16-8-11-18(12-9-16)32(29,30)26(20-14-17(24)10-13-22(20)31-3)15-23(28)25(2)19-6-4-5-7-21(19)27/h8-14,19,21,27H,4-7,15H2,1-3H3. The number of rotatable bonds is 7. The molecule has 0 aliphatic heterocycles. The van der Waals surface area contributed by atoms with Gasteiger partial charge in [0.15, 0.2) is 0 Å².